The lowest BCUT2D eigenvalue weighted by Crippen LogP contribution is -2.16. The molecule has 0 saturated heterocycles. The number of rotatable bonds is 4. The Morgan fingerprint density at radius 2 is 1.96 bits per heavy atom. The molecule has 0 aliphatic heterocycles. The summed E-state index contributed by atoms with van der Waals surface area (Å²) < 4.78 is 16.0. The van der Waals surface area contributed by atoms with Crippen LogP contribution in [0.25, 0.3) is 11.8 Å². The summed E-state index contributed by atoms with van der Waals surface area (Å²) in [6.45, 7) is 0. The van der Waals surface area contributed by atoms with Crippen LogP contribution in [-0.2, 0) is 4.79 Å². The maximum Gasteiger partial charge on any atom is 0.356 e. The summed E-state index contributed by atoms with van der Waals surface area (Å²) in [4.78, 5) is 16.6. The molecule has 0 aliphatic rings. The molecule has 0 radical (unpaired) electrons. The van der Waals surface area contributed by atoms with E-state index < -0.39 is 23.5 Å². The Bertz CT molecular complexity index is 935. The van der Waals surface area contributed by atoms with E-state index in [4.69, 9.17) is 16.4 Å². The lowest BCUT2D eigenvalue weighted by atomic mass is 10.1. The van der Waals surface area contributed by atoms with Crippen LogP contribution in [-0.4, -0.2) is 41.1 Å². The molecule has 3 rings (SSSR count). The minimum Gasteiger partial charge on any atom is -0.492 e. The van der Waals surface area contributed by atoms with Crippen LogP contribution in [0.5, 0.6) is 11.8 Å². The van der Waals surface area contributed by atoms with Crippen molar-refractivity contribution in [3.8, 4) is 17.4 Å². The quantitative estimate of drug-likeness (QED) is 0.670. The Hall–Kier alpha value is -3.40. The van der Waals surface area contributed by atoms with Gasteiger partial charge in [-0.1, -0.05) is 11.6 Å². The van der Waals surface area contributed by atoms with Gasteiger partial charge in [0.2, 0.25) is 11.8 Å². The molecule has 0 atom stereocenters. The molecule has 25 heavy (non-hydrogen) atoms. The number of aromatic nitrogens is 5. The summed E-state index contributed by atoms with van der Waals surface area (Å²) in [6.07, 6.45) is 3.24. The summed E-state index contributed by atoms with van der Waals surface area (Å²) in [5.41, 5.74) is 0.181. The second-order valence-electron chi connectivity index (χ2n) is 4.64. The highest BCUT2D eigenvalue weighted by Gasteiger charge is 2.14. The van der Waals surface area contributed by atoms with E-state index in [2.05, 4.69) is 15.5 Å². The number of aromatic hydroxyl groups is 2. The van der Waals surface area contributed by atoms with Gasteiger partial charge in [-0.2, -0.15) is 4.68 Å². The number of nitrogens with zero attached hydrogens (tertiary/aromatic N) is 5. The maximum atomic E-state index is 14.3. The van der Waals surface area contributed by atoms with Gasteiger partial charge in [0.05, 0.1) is 10.7 Å². The first-order valence-corrected chi connectivity index (χ1v) is 7.06. The number of halogens is 2. The van der Waals surface area contributed by atoms with Gasteiger partial charge in [-0.15, -0.1) is 9.83 Å². The van der Waals surface area contributed by atoms with E-state index in [1.165, 1.54) is 23.1 Å². The molecule has 11 heteroatoms. The molecule has 2 aromatic heterocycles. The van der Waals surface area contributed by atoms with Gasteiger partial charge in [0.25, 0.3) is 0 Å². The molecule has 0 fully saturated rings. The first-order chi connectivity index (χ1) is 12.0. The van der Waals surface area contributed by atoms with Crippen molar-refractivity contribution in [1.82, 2.24) is 24.9 Å². The van der Waals surface area contributed by atoms with Crippen molar-refractivity contribution in [3.05, 3.63) is 53.1 Å². The molecule has 0 spiro atoms. The topological polar surface area (TPSA) is 115 Å². The summed E-state index contributed by atoms with van der Waals surface area (Å²) in [5, 5.41) is 29.2. The van der Waals surface area contributed by atoms with Crippen molar-refractivity contribution in [2.75, 3.05) is 0 Å². The van der Waals surface area contributed by atoms with Crippen molar-refractivity contribution < 1.29 is 24.2 Å². The van der Waals surface area contributed by atoms with E-state index in [0.29, 0.717) is 4.73 Å². The average molecular weight is 366 g/mol. The highest BCUT2D eigenvalue weighted by molar-refractivity contribution is 6.31. The Labute approximate surface area is 144 Å². The van der Waals surface area contributed by atoms with Crippen LogP contribution < -0.4 is 4.84 Å². The van der Waals surface area contributed by atoms with E-state index in [9.17, 15) is 19.4 Å². The molecule has 0 bridgehead atoms. The third-order valence-corrected chi connectivity index (χ3v) is 3.36. The summed E-state index contributed by atoms with van der Waals surface area (Å²) >= 11 is 5.76. The number of hydrogen-bond donors (Lipinski definition) is 2. The van der Waals surface area contributed by atoms with Gasteiger partial charge < -0.3 is 15.1 Å². The number of benzene rings is 1. The maximum absolute atomic E-state index is 14.3. The van der Waals surface area contributed by atoms with Crippen LogP contribution in [0.15, 0.2) is 36.7 Å². The molecule has 3 aromatic rings. The third-order valence-electron chi connectivity index (χ3n) is 3.07. The Morgan fingerprint density at radius 1 is 1.24 bits per heavy atom. The number of carbonyl (C=O) groups excluding carboxylic acids is 1. The molecule has 0 amide bonds. The predicted molar refractivity (Wildman–Crippen MR) is 82.5 cm³/mol. The van der Waals surface area contributed by atoms with Gasteiger partial charge in [-0.25, -0.2) is 9.18 Å². The van der Waals surface area contributed by atoms with E-state index in [1.807, 2.05) is 0 Å². The zero-order valence-corrected chi connectivity index (χ0v) is 13.0. The summed E-state index contributed by atoms with van der Waals surface area (Å²) in [6, 6.07) is 5.04. The van der Waals surface area contributed by atoms with Gasteiger partial charge in [0.1, 0.15) is 6.33 Å². The number of carbonyl (C=O) groups is 1. The molecule has 0 aliphatic carbocycles. The third kappa shape index (κ3) is 3.28. The van der Waals surface area contributed by atoms with E-state index in [1.54, 1.807) is 0 Å². The highest BCUT2D eigenvalue weighted by atomic mass is 35.5. The fourth-order valence-corrected chi connectivity index (χ4v) is 2.12. The van der Waals surface area contributed by atoms with Gasteiger partial charge in [0, 0.05) is 23.8 Å². The van der Waals surface area contributed by atoms with Crippen LogP contribution in [0.4, 0.5) is 4.39 Å². The smallest absolute Gasteiger partial charge is 0.356 e. The summed E-state index contributed by atoms with van der Waals surface area (Å²) in [7, 11) is 0. The second kappa shape index (κ2) is 6.61. The Morgan fingerprint density at radius 3 is 2.60 bits per heavy atom. The molecule has 0 saturated carbocycles. The first kappa shape index (κ1) is 16.5. The fourth-order valence-electron chi connectivity index (χ4n) is 1.95. The average Bonchev–Trinajstić information content (AvgIpc) is 3.22. The van der Waals surface area contributed by atoms with Crippen molar-refractivity contribution in [3.63, 3.8) is 0 Å². The SMILES string of the molecule is O=C(C=Cc1c(-n2cnnn2)ccc(Cl)c1F)On1c(O)ccc1O. The van der Waals surface area contributed by atoms with Gasteiger partial charge in [0.15, 0.2) is 5.82 Å². The molecular weight excluding hydrogens is 357 g/mol. The lowest BCUT2D eigenvalue weighted by Gasteiger charge is -2.08. The molecule has 9 nitrogen and oxygen atoms in total. The van der Waals surface area contributed by atoms with E-state index >= 15 is 0 Å². The van der Waals surface area contributed by atoms with Crippen molar-refractivity contribution in [2.45, 2.75) is 0 Å². The van der Waals surface area contributed by atoms with Gasteiger partial charge in [-0.3, -0.25) is 0 Å². The lowest BCUT2D eigenvalue weighted by molar-refractivity contribution is -0.139. The number of tetrazole rings is 1. The summed E-state index contributed by atoms with van der Waals surface area (Å²) in [5.74, 6) is -2.74. The minimum absolute atomic E-state index is 0.0577. The van der Waals surface area contributed by atoms with Crippen molar-refractivity contribution >= 4 is 23.6 Å². The zero-order chi connectivity index (χ0) is 18.0. The minimum atomic E-state index is -0.983. The number of hydrogen-bond acceptors (Lipinski definition) is 7. The predicted octanol–water partition coefficient (Wildman–Crippen LogP) is 1.34. The largest absolute Gasteiger partial charge is 0.492 e. The highest BCUT2D eigenvalue weighted by Crippen LogP contribution is 2.25. The Balaban J connectivity index is 1.90. The molecule has 0 unspecified atom stereocenters. The van der Waals surface area contributed by atoms with Gasteiger partial charge in [-0.05, 0) is 28.6 Å². The fraction of sp³-hybridized carbons (Fsp3) is 0. The van der Waals surface area contributed by atoms with Crippen LogP contribution >= 0.6 is 11.6 Å². The van der Waals surface area contributed by atoms with E-state index in [0.717, 1.165) is 24.3 Å². The zero-order valence-electron chi connectivity index (χ0n) is 12.2. The van der Waals surface area contributed by atoms with Crippen LogP contribution in [0, 0.1) is 5.82 Å². The molecule has 128 valence electrons. The second-order valence-corrected chi connectivity index (χ2v) is 5.04. The van der Waals surface area contributed by atoms with Crippen molar-refractivity contribution in [1.29, 1.82) is 0 Å². The normalized spacial score (nSPS) is 11.1. The van der Waals surface area contributed by atoms with Crippen molar-refractivity contribution in [2.24, 2.45) is 0 Å². The standard InChI is InChI=1S/C14H9ClFN5O4/c15-9-2-3-10(20-7-17-18-19-20)8(14(9)16)1-6-13(24)25-21-11(22)4-5-12(21)23/h1-7,22-23H. The van der Waals surface area contributed by atoms with Crippen LogP contribution in [0.1, 0.15) is 5.56 Å². The monoisotopic (exact) mass is 365 g/mol. The van der Waals surface area contributed by atoms with E-state index in [-0.39, 0.29) is 16.3 Å². The van der Waals surface area contributed by atoms with Gasteiger partial charge >= 0.3 is 5.97 Å². The molecule has 1 aromatic carbocycles. The van der Waals surface area contributed by atoms with Crippen LogP contribution in [0.3, 0.4) is 0 Å². The first-order valence-electron chi connectivity index (χ1n) is 6.69. The molecule has 2 heterocycles. The molecular formula is C14H9ClFN5O4. The van der Waals surface area contributed by atoms with Crippen LogP contribution in [0.2, 0.25) is 5.02 Å². The Kier molecular flexibility index (Phi) is 4.35. The molecule has 2 N–H and O–H groups in total.